The summed E-state index contributed by atoms with van der Waals surface area (Å²) in [5.41, 5.74) is 4.73. The van der Waals surface area contributed by atoms with Gasteiger partial charge in [-0.05, 0) is 64.6 Å². The van der Waals surface area contributed by atoms with Crippen LogP contribution in [0.15, 0.2) is 107 Å². The van der Waals surface area contributed by atoms with Crippen molar-refractivity contribution in [3.63, 3.8) is 0 Å². The third kappa shape index (κ3) is 3.88. The van der Waals surface area contributed by atoms with Crippen LogP contribution < -0.4 is 10.7 Å². The zero-order valence-corrected chi connectivity index (χ0v) is 26.2. The molecule has 0 spiro atoms. The van der Waals surface area contributed by atoms with Gasteiger partial charge in [0.15, 0.2) is 0 Å². The number of hydrogen-bond donors (Lipinski definition) is 0. The first-order valence-corrected chi connectivity index (χ1v) is 15.4. The van der Waals surface area contributed by atoms with Gasteiger partial charge in [-0.3, -0.25) is 19.4 Å². The second-order valence-electron chi connectivity index (χ2n) is 12.2. The third-order valence-corrected chi connectivity index (χ3v) is 9.81. The molecule has 2 aromatic heterocycles. The Morgan fingerprint density at radius 1 is 0.522 bits per heavy atom. The lowest BCUT2D eigenvalue weighted by Gasteiger charge is -2.30. The van der Waals surface area contributed by atoms with E-state index in [4.69, 9.17) is 0 Å². The van der Waals surface area contributed by atoms with Gasteiger partial charge in [0.1, 0.15) is 5.57 Å². The highest BCUT2D eigenvalue weighted by atomic mass is 16.2. The molecule has 0 N–H and O–H groups in total. The van der Waals surface area contributed by atoms with E-state index >= 15 is 0 Å². The fourth-order valence-electron chi connectivity index (χ4n) is 7.43. The number of amides is 4. The highest BCUT2D eigenvalue weighted by Gasteiger charge is 2.41. The molecular formula is C39H32N4O3. The maximum absolute atomic E-state index is 13.6. The van der Waals surface area contributed by atoms with Gasteiger partial charge >= 0.3 is 6.03 Å². The number of urea groups is 1. The molecule has 1 aliphatic heterocycles. The van der Waals surface area contributed by atoms with Gasteiger partial charge in [0, 0.05) is 71.5 Å². The van der Waals surface area contributed by atoms with E-state index in [9.17, 15) is 14.4 Å². The largest absolute Gasteiger partial charge is 0.344 e. The SMILES string of the molecule is CN1C(=O)C(=C2/C(=C/C=c3\c4cccc5cccc(c54)n3C)CC/C2=C\C=c2/c3cccc4cccc(c43)n2C)C(=O)N(C)C1=O. The molecule has 1 aliphatic carbocycles. The molecule has 7 heteroatoms. The van der Waals surface area contributed by atoms with E-state index < -0.39 is 17.8 Å². The molecule has 226 valence electrons. The van der Waals surface area contributed by atoms with Crippen LogP contribution in [0.3, 0.4) is 0 Å². The van der Waals surface area contributed by atoms with Crippen LogP contribution in [0, 0.1) is 0 Å². The highest BCUT2D eigenvalue weighted by Crippen LogP contribution is 2.40. The molecule has 8 rings (SSSR count). The Hall–Kier alpha value is -5.69. The second-order valence-corrected chi connectivity index (χ2v) is 12.2. The van der Waals surface area contributed by atoms with Crippen molar-refractivity contribution in [3.05, 3.63) is 118 Å². The molecule has 2 aliphatic rings. The standard InChI is InChI=1S/C39H32N4O3/c1-40-29(27-13-5-9-23-11-7-15-31(40)34(23)27)21-19-25-17-18-26(33(25)36-37(44)42(3)39(46)43(4)38(36)45)20-22-30-28-14-6-10-24-12-8-16-32(35(24)28)41(30)2/h5-16,19-22H,17-18H2,1-4H3/b25-19+,26-20+,29-21+,30-22+. The first kappa shape index (κ1) is 27.8. The lowest BCUT2D eigenvalue weighted by Crippen LogP contribution is -2.53. The summed E-state index contributed by atoms with van der Waals surface area (Å²) in [6.07, 6.45) is 9.58. The van der Waals surface area contributed by atoms with E-state index in [0.29, 0.717) is 18.4 Å². The van der Waals surface area contributed by atoms with Crippen LogP contribution in [-0.2, 0) is 23.7 Å². The van der Waals surface area contributed by atoms with Crippen molar-refractivity contribution < 1.29 is 14.4 Å². The predicted octanol–water partition coefficient (Wildman–Crippen LogP) is 5.67. The Balaban J connectivity index is 1.36. The number of carbonyl (C=O) groups is 3. The molecule has 1 saturated heterocycles. The Kier molecular flexibility index (Phi) is 6.15. The molecule has 6 aromatic rings. The Bertz CT molecular complexity index is 2360. The number of aromatic nitrogens is 2. The number of allylic oxidation sites excluding steroid dienone is 5. The number of imide groups is 2. The number of nitrogens with zero attached hydrogens (tertiary/aromatic N) is 4. The van der Waals surface area contributed by atoms with Crippen molar-refractivity contribution in [2.75, 3.05) is 14.1 Å². The summed E-state index contributed by atoms with van der Waals surface area (Å²) in [5, 5.41) is 9.18. The van der Waals surface area contributed by atoms with E-state index in [0.717, 1.165) is 53.5 Å². The second kappa shape index (κ2) is 10.2. The molecule has 0 radical (unpaired) electrons. The summed E-state index contributed by atoms with van der Waals surface area (Å²) in [6, 6.07) is 24.6. The molecule has 7 nitrogen and oxygen atoms in total. The maximum atomic E-state index is 13.6. The van der Waals surface area contributed by atoms with Crippen LogP contribution in [0.2, 0.25) is 0 Å². The number of carbonyl (C=O) groups excluding carboxylic acids is 3. The van der Waals surface area contributed by atoms with Crippen molar-refractivity contribution in [2.45, 2.75) is 12.8 Å². The monoisotopic (exact) mass is 604 g/mol. The Morgan fingerprint density at radius 3 is 1.37 bits per heavy atom. The Morgan fingerprint density at radius 2 is 0.935 bits per heavy atom. The fourth-order valence-corrected chi connectivity index (χ4v) is 7.43. The number of hydrogen-bond acceptors (Lipinski definition) is 3. The molecule has 0 unspecified atom stereocenters. The van der Waals surface area contributed by atoms with Crippen LogP contribution in [0.5, 0.6) is 0 Å². The Labute approximate surface area is 265 Å². The van der Waals surface area contributed by atoms with Gasteiger partial charge in [-0.2, -0.15) is 0 Å². The third-order valence-electron chi connectivity index (χ3n) is 9.81. The number of benzene rings is 4. The topological polar surface area (TPSA) is 67.6 Å². The van der Waals surface area contributed by atoms with Gasteiger partial charge < -0.3 is 9.13 Å². The van der Waals surface area contributed by atoms with Crippen molar-refractivity contribution in [2.24, 2.45) is 14.1 Å². The molecule has 1 saturated carbocycles. The molecule has 0 atom stereocenters. The minimum atomic E-state index is -0.630. The summed E-state index contributed by atoms with van der Waals surface area (Å²) in [5.74, 6) is -1.15. The quantitative estimate of drug-likeness (QED) is 0.189. The van der Waals surface area contributed by atoms with Gasteiger partial charge in [-0.1, -0.05) is 72.8 Å². The molecular weight excluding hydrogens is 572 g/mol. The van der Waals surface area contributed by atoms with E-state index in [2.05, 4.69) is 108 Å². The first-order chi connectivity index (χ1) is 22.3. The zero-order valence-electron chi connectivity index (χ0n) is 26.2. The van der Waals surface area contributed by atoms with E-state index in [1.165, 1.54) is 35.6 Å². The number of rotatable bonds is 2. The maximum Gasteiger partial charge on any atom is 0.333 e. The summed E-state index contributed by atoms with van der Waals surface area (Å²) < 4.78 is 4.37. The summed E-state index contributed by atoms with van der Waals surface area (Å²) in [4.78, 5) is 42.0. The number of barbiturate groups is 1. The molecule has 2 fully saturated rings. The van der Waals surface area contributed by atoms with Crippen molar-refractivity contribution >= 4 is 73.3 Å². The van der Waals surface area contributed by atoms with E-state index in [-0.39, 0.29) is 5.57 Å². The summed E-state index contributed by atoms with van der Waals surface area (Å²) in [7, 11) is 6.98. The summed E-state index contributed by atoms with van der Waals surface area (Å²) in [6.45, 7) is 0. The molecule has 46 heavy (non-hydrogen) atoms. The van der Waals surface area contributed by atoms with Crippen LogP contribution in [0.25, 0.3) is 55.5 Å². The molecule has 0 bridgehead atoms. The zero-order chi connectivity index (χ0) is 31.9. The lowest BCUT2D eigenvalue weighted by molar-refractivity contribution is -0.134. The van der Waals surface area contributed by atoms with Gasteiger partial charge in [-0.25, -0.2) is 4.79 Å². The van der Waals surface area contributed by atoms with Gasteiger partial charge in [0.25, 0.3) is 11.8 Å². The average Bonchev–Trinajstić information content (AvgIpc) is 3.69. The van der Waals surface area contributed by atoms with Gasteiger partial charge in [-0.15, -0.1) is 0 Å². The number of likely N-dealkylation sites (N-methyl/N-ethyl adjacent to an activating group) is 2. The molecule has 4 amide bonds. The average molecular weight is 605 g/mol. The van der Waals surface area contributed by atoms with Crippen LogP contribution in [0.1, 0.15) is 12.8 Å². The van der Waals surface area contributed by atoms with Gasteiger partial charge in [0.2, 0.25) is 0 Å². The van der Waals surface area contributed by atoms with Crippen LogP contribution in [0.4, 0.5) is 4.79 Å². The van der Waals surface area contributed by atoms with Crippen molar-refractivity contribution in [3.8, 4) is 0 Å². The first-order valence-electron chi connectivity index (χ1n) is 15.4. The number of aryl methyl sites for hydroxylation is 2. The van der Waals surface area contributed by atoms with Crippen LogP contribution in [-0.4, -0.2) is 50.9 Å². The fraction of sp³-hybridized carbons (Fsp3) is 0.154. The van der Waals surface area contributed by atoms with E-state index in [1.54, 1.807) is 0 Å². The minimum Gasteiger partial charge on any atom is -0.344 e. The van der Waals surface area contributed by atoms with Crippen molar-refractivity contribution in [1.29, 1.82) is 0 Å². The molecule has 4 aromatic carbocycles. The predicted molar refractivity (Wildman–Crippen MR) is 184 cm³/mol. The highest BCUT2D eigenvalue weighted by molar-refractivity contribution is 6.29. The van der Waals surface area contributed by atoms with Crippen LogP contribution >= 0.6 is 0 Å². The lowest BCUT2D eigenvalue weighted by atomic mass is 9.95. The summed E-state index contributed by atoms with van der Waals surface area (Å²) >= 11 is 0. The minimum absolute atomic E-state index is 0.0340. The van der Waals surface area contributed by atoms with Gasteiger partial charge in [0.05, 0.1) is 0 Å². The van der Waals surface area contributed by atoms with E-state index in [1.807, 2.05) is 12.2 Å². The van der Waals surface area contributed by atoms with Crippen molar-refractivity contribution in [1.82, 2.24) is 18.9 Å². The smallest absolute Gasteiger partial charge is 0.333 e. The molecule has 3 heterocycles. The normalized spacial score (nSPS) is 19.0.